The average Bonchev–Trinajstić information content (AvgIpc) is 3.60. The minimum absolute atomic E-state index is 0.0202. The van der Waals surface area contributed by atoms with Crippen molar-refractivity contribution in [1.29, 1.82) is 0 Å². The van der Waals surface area contributed by atoms with Crippen molar-refractivity contribution in [1.82, 2.24) is 9.80 Å². The van der Waals surface area contributed by atoms with Crippen LogP contribution in [0.5, 0.6) is 0 Å². The summed E-state index contributed by atoms with van der Waals surface area (Å²) in [5.74, 6) is 0.482. The number of carbonyl (C=O) groups is 3. The van der Waals surface area contributed by atoms with Crippen molar-refractivity contribution < 1.29 is 14.4 Å². The van der Waals surface area contributed by atoms with Gasteiger partial charge in [-0.3, -0.25) is 14.4 Å². The Morgan fingerprint density at radius 3 is 2.14 bits per heavy atom. The molecule has 3 fully saturated rings. The number of nitrogens with zero attached hydrogens (tertiary/aromatic N) is 2. The summed E-state index contributed by atoms with van der Waals surface area (Å²) in [5, 5.41) is 2.91. The average molecular weight is 398 g/mol. The fourth-order valence-corrected chi connectivity index (χ4v) is 4.38. The molecule has 3 amide bonds. The van der Waals surface area contributed by atoms with Crippen LogP contribution >= 0.6 is 0 Å². The number of hydrogen-bond acceptors (Lipinski definition) is 3. The third-order valence-electron chi connectivity index (χ3n) is 6.37. The van der Waals surface area contributed by atoms with Gasteiger partial charge in [-0.2, -0.15) is 0 Å². The van der Waals surface area contributed by atoms with Gasteiger partial charge >= 0.3 is 0 Å². The lowest BCUT2D eigenvalue weighted by Crippen LogP contribution is -2.44. The summed E-state index contributed by atoms with van der Waals surface area (Å²) in [6.45, 7) is 3.00. The van der Waals surface area contributed by atoms with Crippen LogP contribution in [0, 0.1) is 11.8 Å². The molecule has 1 aromatic carbocycles. The summed E-state index contributed by atoms with van der Waals surface area (Å²) < 4.78 is 0. The van der Waals surface area contributed by atoms with Gasteiger partial charge in [-0.25, -0.2) is 0 Å². The zero-order chi connectivity index (χ0) is 20.2. The van der Waals surface area contributed by atoms with E-state index in [9.17, 15) is 14.4 Å². The van der Waals surface area contributed by atoms with Crippen molar-refractivity contribution in [2.75, 3.05) is 31.5 Å². The van der Waals surface area contributed by atoms with Crippen LogP contribution in [0.3, 0.4) is 0 Å². The van der Waals surface area contributed by atoms with E-state index in [0.717, 1.165) is 51.6 Å². The summed E-state index contributed by atoms with van der Waals surface area (Å²) in [6, 6.07) is 7.19. The maximum Gasteiger partial charge on any atom is 0.253 e. The summed E-state index contributed by atoms with van der Waals surface area (Å²) in [6.07, 6.45) is 8.03. The van der Waals surface area contributed by atoms with Crippen molar-refractivity contribution in [3.8, 4) is 0 Å². The summed E-state index contributed by atoms with van der Waals surface area (Å²) in [4.78, 5) is 41.6. The predicted octanol–water partition coefficient (Wildman–Crippen LogP) is 3.29. The second kappa shape index (κ2) is 8.97. The van der Waals surface area contributed by atoms with E-state index in [2.05, 4.69) is 5.32 Å². The van der Waals surface area contributed by atoms with Crippen molar-refractivity contribution in [3.63, 3.8) is 0 Å². The summed E-state index contributed by atoms with van der Waals surface area (Å²) >= 11 is 0. The first-order valence-corrected chi connectivity index (χ1v) is 11.1. The van der Waals surface area contributed by atoms with E-state index in [4.69, 9.17) is 0 Å². The SMILES string of the molecule is O=C(Nc1cccc(C(=O)N2CCC(C(=O)N3CCCCCC3)CC2)c1)C1CC1. The Balaban J connectivity index is 1.31. The van der Waals surface area contributed by atoms with Gasteiger partial charge in [0.1, 0.15) is 0 Å². The number of rotatable bonds is 4. The molecule has 1 saturated carbocycles. The van der Waals surface area contributed by atoms with Crippen LogP contribution in [-0.2, 0) is 9.59 Å². The lowest BCUT2D eigenvalue weighted by Gasteiger charge is -2.34. The minimum atomic E-state index is -0.0202. The van der Waals surface area contributed by atoms with E-state index in [1.807, 2.05) is 21.9 Å². The molecular weight excluding hydrogens is 366 g/mol. The van der Waals surface area contributed by atoms with Gasteiger partial charge in [0.15, 0.2) is 0 Å². The first kappa shape index (κ1) is 19.9. The van der Waals surface area contributed by atoms with Gasteiger partial charge in [0.05, 0.1) is 0 Å². The molecule has 1 N–H and O–H groups in total. The van der Waals surface area contributed by atoms with Crippen LogP contribution in [0.4, 0.5) is 5.69 Å². The second-order valence-electron chi connectivity index (χ2n) is 8.65. The number of amides is 3. The predicted molar refractivity (Wildman–Crippen MR) is 111 cm³/mol. The Morgan fingerprint density at radius 1 is 0.793 bits per heavy atom. The Labute approximate surface area is 172 Å². The molecule has 0 radical (unpaired) electrons. The first-order chi connectivity index (χ1) is 14.1. The molecule has 0 atom stereocenters. The number of anilines is 1. The minimum Gasteiger partial charge on any atom is -0.342 e. The van der Waals surface area contributed by atoms with Crippen LogP contribution in [0.2, 0.25) is 0 Å². The lowest BCUT2D eigenvalue weighted by atomic mass is 9.94. The zero-order valence-electron chi connectivity index (χ0n) is 17.1. The molecule has 2 saturated heterocycles. The van der Waals surface area contributed by atoms with Crippen LogP contribution in [0.15, 0.2) is 24.3 Å². The van der Waals surface area contributed by atoms with Crippen molar-refractivity contribution in [2.45, 2.75) is 51.4 Å². The molecule has 6 heteroatoms. The highest BCUT2D eigenvalue weighted by atomic mass is 16.2. The highest BCUT2D eigenvalue weighted by Gasteiger charge is 2.31. The van der Waals surface area contributed by atoms with Gasteiger partial charge in [0.2, 0.25) is 11.8 Å². The number of carbonyl (C=O) groups excluding carboxylic acids is 3. The largest absolute Gasteiger partial charge is 0.342 e. The molecule has 2 aliphatic heterocycles. The van der Waals surface area contributed by atoms with Gasteiger partial charge in [0.25, 0.3) is 5.91 Å². The fourth-order valence-electron chi connectivity index (χ4n) is 4.38. The molecule has 0 aromatic heterocycles. The van der Waals surface area contributed by atoms with Gasteiger partial charge in [-0.05, 0) is 56.7 Å². The maximum atomic E-state index is 12.9. The molecule has 6 nitrogen and oxygen atoms in total. The molecule has 1 aliphatic carbocycles. The van der Waals surface area contributed by atoms with Crippen LogP contribution in [0.25, 0.3) is 0 Å². The molecule has 4 rings (SSSR count). The van der Waals surface area contributed by atoms with Crippen LogP contribution in [0.1, 0.15) is 61.7 Å². The van der Waals surface area contributed by atoms with Gasteiger partial charge in [-0.1, -0.05) is 18.9 Å². The number of nitrogens with one attached hydrogen (secondary N) is 1. The number of piperidine rings is 1. The van der Waals surface area contributed by atoms with E-state index in [0.29, 0.717) is 24.3 Å². The van der Waals surface area contributed by atoms with Gasteiger partial charge in [0, 0.05) is 49.3 Å². The smallest absolute Gasteiger partial charge is 0.253 e. The normalized spacial score (nSPS) is 20.8. The molecule has 156 valence electrons. The molecular formula is C23H31N3O3. The highest BCUT2D eigenvalue weighted by Crippen LogP contribution is 2.30. The highest BCUT2D eigenvalue weighted by molar-refractivity contribution is 5.98. The van der Waals surface area contributed by atoms with E-state index < -0.39 is 0 Å². The molecule has 0 bridgehead atoms. The molecule has 29 heavy (non-hydrogen) atoms. The molecule has 0 unspecified atom stereocenters. The number of likely N-dealkylation sites (tertiary alicyclic amines) is 2. The number of benzene rings is 1. The van der Waals surface area contributed by atoms with E-state index in [1.165, 1.54) is 12.8 Å². The number of hydrogen-bond donors (Lipinski definition) is 1. The Kier molecular flexibility index (Phi) is 6.16. The summed E-state index contributed by atoms with van der Waals surface area (Å²) in [5.41, 5.74) is 1.27. The van der Waals surface area contributed by atoms with E-state index >= 15 is 0 Å². The Morgan fingerprint density at radius 2 is 1.48 bits per heavy atom. The van der Waals surface area contributed by atoms with Crippen molar-refractivity contribution in [2.24, 2.45) is 11.8 Å². The Hall–Kier alpha value is -2.37. The van der Waals surface area contributed by atoms with E-state index in [1.54, 1.807) is 12.1 Å². The molecule has 2 heterocycles. The van der Waals surface area contributed by atoms with Gasteiger partial charge in [-0.15, -0.1) is 0 Å². The second-order valence-corrected chi connectivity index (χ2v) is 8.65. The standard InChI is InChI=1S/C23H31N3O3/c27-21(17-8-9-17)24-20-7-5-6-19(16-20)23(29)26-14-10-18(11-15-26)22(28)25-12-3-1-2-4-13-25/h5-7,16-18H,1-4,8-15H2,(H,24,27). The monoisotopic (exact) mass is 397 g/mol. The molecule has 3 aliphatic rings. The van der Waals surface area contributed by atoms with E-state index in [-0.39, 0.29) is 29.6 Å². The Bertz CT molecular complexity index is 758. The molecule has 1 aromatic rings. The topological polar surface area (TPSA) is 69.7 Å². The van der Waals surface area contributed by atoms with Crippen LogP contribution < -0.4 is 5.32 Å². The van der Waals surface area contributed by atoms with Crippen molar-refractivity contribution in [3.05, 3.63) is 29.8 Å². The third-order valence-corrected chi connectivity index (χ3v) is 6.37. The summed E-state index contributed by atoms with van der Waals surface area (Å²) in [7, 11) is 0. The third kappa shape index (κ3) is 4.98. The molecule has 0 spiro atoms. The quantitative estimate of drug-likeness (QED) is 0.848. The van der Waals surface area contributed by atoms with Crippen LogP contribution in [-0.4, -0.2) is 53.7 Å². The fraction of sp³-hybridized carbons (Fsp3) is 0.609. The zero-order valence-corrected chi connectivity index (χ0v) is 17.1. The van der Waals surface area contributed by atoms with Gasteiger partial charge < -0.3 is 15.1 Å². The maximum absolute atomic E-state index is 12.9. The lowest BCUT2D eigenvalue weighted by molar-refractivity contribution is -0.136. The van der Waals surface area contributed by atoms with Crippen molar-refractivity contribution >= 4 is 23.4 Å². The first-order valence-electron chi connectivity index (χ1n) is 11.1.